The highest BCUT2D eigenvalue weighted by atomic mass is 19.1. The van der Waals surface area contributed by atoms with Crippen LogP contribution in [0.5, 0.6) is 5.75 Å². The second-order valence-corrected chi connectivity index (χ2v) is 4.91. The molecule has 1 aliphatic carbocycles. The molecular weight excluding hydrogens is 233 g/mol. The molecule has 0 N–H and O–H groups in total. The summed E-state index contributed by atoms with van der Waals surface area (Å²) in [6.07, 6.45) is 2.50. The van der Waals surface area contributed by atoms with E-state index in [1.165, 1.54) is 38.2 Å². The molecule has 4 heteroatoms. The van der Waals surface area contributed by atoms with Crippen LogP contribution >= 0.6 is 0 Å². The molecule has 1 saturated carbocycles. The lowest BCUT2D eigenvalue weighted by Gasteiger charge is -2.16. The summed E-state index contributed by atoms with van der Waals surface area (Å²) in [6.45, 7) is 1.24. The second kappa shape index (κ2) is 5.48. The van der Waals surface area contributed by atoms with E-state index in [2.05, 4.69) is 0 Å². The van der Waals surface area contributed by atoms with Gasteiger partial charge in [-0.15, -0.1) is 0 Å². The first-order valence-corrected chi connectivity index (χ1v) is 6.15. The van der Waals surface area contributed by atoms with Crippen molar-refractivity contribution in [1.29, 1.82) is 0 Å². The number of hydrogen-bond acceptors (Lipinski definition) is 3. The van der Waals surface area contributed by atoms with Crippen molar-refractivity contribution in [2.75, 3.05) is 27.2 Å². The van der Waals surface area contributed by atoms with Crippen LogP contribution in [0.3, 0.4) is 0 Å². The Morgan fingerprint density at radius 2 is 2.22 bits per heavy atom. The van der Waals surface area contributed by atoms with E-state index in [1.54, 1.807) is 0 Å². The lowest BCUT2D eigenvalue weighted by molar-refractivity contribution is 0.0940. The van der Waals surface area contributed by atoms with Gasteiger partial charge in [0.2, 0.25) is 0 Å². The lowest BCUT2D eigenvalue weighted by atomic mass is 10.1. The molecule has 0 bridgehead atoms. The van der Waals surface area contributed by atoms with Crippen LogP contribution in [0, 0.1) is 11.7 Å². The van der Waals surface area contributed by atoms with Gasteiger partial charge in [-0.05, 0) is 44.0 Å². The highest BCUT2D eigenvalue weighted by Crippen LogP contribution is 2.29. The number of hydrogen-bond donors (Lipinski definition) is 0. The maximum absolute atomic E-state index is 13.2. The van der Waals surface area contributed by atoms with Gasteiger partial charge in [-0.1, -0.05) is 0 Å². The number of ketones is 1. The predicted octanol–water partition coefficient (Wildman–Crippen LogP) is 2.36. The van der Waals surface area contributed by atoms with Crippen LogP contribution in [0.1, 0.15) is 23.2 Å². The largest absolute Gasteiger partial charge is 0.496 e. The monoisotopic (exact) mass is 251 g/mol. The molecule has 0 aromatic heterocycles. The third kappa shape index (κ3) is 3.29. The van der Waals surface area contributed by atoms with E-state index in [1.807, 2.05) is 11.9 Å². The molecule has 0 atom stereocenters. The Bertz CT molecular complexity index is 443. The lowest BCUT2D eigenvalue weighted by Crippen LogP contribution is -2.28. The van der Waals surface area contributed by atoms with Crippen molar-refractivity contribution in [1.82, 2.24) is 4.90 Å². The molecule has 98 valence electrons. The van der Waals surface area contributed by atoms with Crippen molar-refractivity contribution in [2.24, 2.45) is 5.92 Å². The van der Waals surface area contributed by atoms with E-state index < -0.39 is 5.82 Å². The van der Waals surface area contributed by atoms with Gasteiger partial charge in [0.25, 0.3) is 0 Å². The van der Waals surface area contributed by atoms with E-state index in [0.717, 1.165) is 12.5 Å². The van der Waals surface area contributed by atoms with E-state index >= 15 is 0 Å². The number of methoxy groups -OCH3 is 1. The Kier molecular flexibility index (Phi) is 3.97. The molecule has 0 radical (unpaired) electrons. The molecule has 0 heterocycles. The fourth-order valence-electron chi connectivity index (χ4n) is 2.03. The fourth-order valence-corrected chi connectivity index (χ4v) is 2.03. The zero-order chi connectivity index (χ0) is 13.1. The van der Waals surface area contributed by atoms with Gasteiger partial charge in [-0.3, -0.25) is 9.69 Å². The molecule has 0 spiro atoms. The van der Waals surface area contributed by atoms with E-state index in [9.17, 15) is 9.18 Å². The first-order chi connectivity index (χ1) is 8.60. The Morgan fingerprint density at radius 3 is 2.83 bits per heavy atom. The average molecular weight is 251 g/mol. The van der Waals surface area contributed by atoms with Crippen LogP contribution in [0.25, 0.3) is 0 Å². The molecular formula is C14H18FNO2. The summed E-state index contributed by atoms with van der Waals surface area (Å²) >= 11 is 0. The summed E-state index contributed by atoms with van der Waals surface area (Å²) in [7, 11) is 3.40. The smallest absolute Gasteiger partial charge is 0.180 e. The van der Waals surface area contributed by atoms with Crippen molar-refractivity contribution < 1.29 is 13.9 Å². The Balaban J connectivity index is 2.04. The van der Waals surface area contributed by atoms with Crippen molar-refractivity contribution in [3.8, 4) is 5.75 Å². The van der Waals surface area contributed by atoms with Gasteiger partial charge in [0, 0.05) is 6.54 Å². The van der Waals surface area contributed by atoms with Gasteiger partial charge in [0.1, 0.15) is 11.6 Å². The molecule has 1 aromatic rings. The molecule has 0 saturated heterocycles. The topological polar surface area (TPSA) is 29.5 Å². The Morgan fingerprint density at radius 1 is 1.50 bits per heavy atom. The molecule has 0 amide bonds. The highest BCUT2D eigenvalue weighted by molar-refractivity contribution is 6.00. The summed E-state index contributed by atoms with van der Waals surface area (Å²) in [5.41, 5.74) is 0.320. The zero-order valence-electron chi connectivity index (χ0n) is 10.8. The number of likely N-dealkylation sites (N-methyl/N-ethyl adjacent to an activating group) is 1. The minimum atomic E-state index is -0.413. The normalized spacial score (nSPS) is 14.9. The van der Waals surface area contributed by atoms with Crippen molar-refractivity contribution in [3.05, 3.63) is 29.6 Å². The van der Waals surface area contributed by atoms with Gasteiger partial charge >= 0.3 is 0 Å². The molecule has 3 nitrogen and oxygen atoms in total. The van der Waals surface area contributed by atoms with Crippen LogP contribution < -0.4 is 4.74 Å². The molecule has 0 aliphatic heterocycles. The van der Waals surface area contributed by atoms with E-state index in [-0.39, 0.29) is 5.78 Å². The number of rotatable bonds is 6. The van der Waals surface area contributed by atoms with Gasteiger partial charge in [-0.2, -0.15) is 0 Å². The first kappa shape index (κ1) is 13.0. The summed E-state index contributed by atoms with van der Waals surface area (Å²) in [6, 6.07) is 4.03. The van der Waals surface area contributed by atoms with Gasteiger partial charge < -0.3 is 4.74 Å². The SMILES string of the molecule is COc1ccc(F)cc1C(=O)CN(C)CC1CC1. The fraction of sp³-hybridized carbons (Fsp3) is 0.500. The number of ether oxygens (including phenoxy) is 1. The second-order valence-electron chi connectivity index (χ2n) is 4.91. The number of carbonyl (C=O) groups excluding carboxylic acids is 1. The van der Waals surface area contributed by atoms with Gasteiger partial charge in [-0.25, -0.2) is 4.39 Å². The molecule has 18 heavy (non-hydrogen) atoms. The van der Waals surface area contributed by atoms with Crippen molar-refractivity contribution >= 4 is 5.78 Å². The van der Waals surface area contributed by atoms with E-state index in [4.69, 9.17) is 4.74 Å². The van der Waals surface area contributed by atoms with Crippen LogP contribution in [-0.2, 0) is 0 Å². The molecule has 1 aromatic carbocycles. The highest BCUT2D eigenvalue weighted by Gasteiger charge is 2.24. The Labute approximate surface area is 107 Å². The molecule has 1 aliphatic rings. The number of carbonyl (C=O) groups is 1. The maximum Gasteiger partial charge on any atom is 0.180 e. The summed E-state index contributed by atoms with van der Waals surface area (Å²) in [5.74, 6) is 0.650. The Hall–Kier alpha value is -1.42. The van der Waals surface area contributed by atoms with Crippen LogP contribution in [0.2, 0.25) is 0 Å². The quantitative estimate of drug-likeness (QED) is 0.727. The molecule has 0 unspecified atom stereocenters. The average Bonchev–Trinajstić information content (AvgIpc) is 3.12. The number of nitrogens with zero attached hydrogens (tertiary/aromatic N) is 1. The summed E-state index contributed by atoms with van der Waals surface area (Å²) < 4.78 is 18.3. The minimum Gasteiger partial charge on any atom is -0.496 e. The zero-order valence-corrected chi connectivity index (χ0v) is 10.8. The third-order valence-electron chi connectivity index (χ3n) is 3.14. The minimum absolute atomic E-state index is 0.102. The predicted molar refractivity (Wildman–Crippen MR) is 67.5 cm³/mol. The van der Waals surface area contributed by atoms with Crippen LogP contribution in [-0.4, -0.2) is 37.9 Å². The van der Waals surface area contributed by atoms with Crippen LogP contribution in [0.4, 0.5) is 4.39 Å². The summed E-state index contributed by atoms with van der Waals surface area (Å²) in [5, 5.41) is 0. The van der Waals surface area contributed by atoms with Crippen LogP contribution in [0.15, 0.2) is 18.2 Å². The first-order valence-electron chi connectivity index (χ1n) is 6.15. The maximum atomic E-state index is 13.2. The molecule has 2 rings (SSSR count). The molecule has 1 fully saturated rings. The number of Topliss-reactive ketones (excluding diaryl/α,β-unsaturated/α-hetero) is 1. The third-order valence-corrected chi connectivity index (χ3v) is 3.14. The van der Waals surface area contributed by atoms with Gasteiger partial charge in [0.15, 0.2) is 5.78 Å². The van der Waals surface area contributed by atoms with E-state index in [0.29, 0.717) is 17.9 Å². The summed E-state index contributed by atoms with van der Waals surface area (Å²) in [4.78, 5) is 14.1. The van der Waals surface area contributed by atoms with Gasteiger partial charge in [0.05, 0.1) is 19.2 Å². The van der Waals surface area contributed by atoms with Crippen molar-refractivity contribution in [3.63, 3.8) is 0 Å². The number of halogens is 1. The van der Waals surface area contributed by atoms with Crippen molar-refractivity contribution in [2.45, 2.75) is 12.8 Å². The standard InChI is InChI=1S/C14H18FNO2/c1-16(8-10-3-4-10)9-13(17)12-7-11(15)5-6-14(12)18-2/h5-7,10H,3-4,8-9H2,1-2H3. The number of benzene rings is 1.